The molecule has 8 N–H and O–H groups in total. The highest BCUT2D eigenvalue weighted by Gasteiger charge is 2.64. The Bertz CT molecular complexity index is 4660. The van der Waals surface area contributed by atoms with Gasteiger partial charge in [0.15, 0.2) is 5.43 Å². The van der Waals surface area contributed by atoms with Crippen molar-refractivity contribution in [3.63, 3.8) is 0 Å². The lowest BCUT2D eigenvalue weighted by molar-refractivity contribution is -0.148. The number of aromatic amines is 1. The average Bonchev–Trinajstić information content (AvgIpc) is 1.59. The van der Waals surface area contributed by atoms with E-state index in [1.54, 1.807) is 70.3 Å². The highest BCUT2D eigenvalue weighted by Crippen LogP contribution is 2.54. The van der Waals surface area contributed by atoms with Gasteiger partial charge in [0, 0.05) is 58.8 Å². The van der Waals surface area contributed by atoms with E-state index < -0.39 is 116 Å². The van der Waals surface area contributed by atoms with E-state index in [9.17, 15) is 56.7 Å². The molecular formula is C82H111BrCl2N10O19S. The number of carbonyl (C=O) groups is 8. The van der Waals surface area contributed by atoms with Crippen LogP contribution in [-0.2, 0) is 57.3 Å². The largest absolute Gasteiger partial charge is 0.495 e. The van der Waals surface area contributed by atoms with E-state index in [4.69, 9.17) is 60.8 Å². The first-order valence-electron chi connectivity index (χ1n) is 39.1. The van der Waals surface area contributed by atoms with Crippen molar-refractivity contribution < 1.29 is 84.5 Å². The van der Waals surface area contributed by atoms with Gasteiger partial charge < -0.3 is 80.2 Å². The number of hydrogen-bond acceptors (Lipinski definition) is 21. The van der Waals surface area contributed by atoms with E-state index in [0.29, 0.717) is 115 Å². The van der Waals surface area contributed by atoms with Gasteiger partial charge >= 0.3 is 24.1 Å². The quantitative estimate of drug-likeness (QED) is 0.0153. The molecule has 5 aromatic rings. The number of likely N-dealkylation sites (tertiary alicyclic amines) is 2. The molecule has 2 aromatic heterocycles. The molecule has 630 valence electrons. The van der Waals surface area contributed by atoms with Gasteiger partial charge in [-0.3, -0.25) is 28.2 Å². The Labute approximate surface area is 690 Å². The van der Waals surface area contributed by atoms with E-state index in [0.717, 1.165) is 25.7 Å². The minimum absolute atomic E-state index is 0. The number of methoxy groups -OCH3 is 3. The number of benzene rings is 3. The van der Waals surface area contributed by atoms with Crippen LogP contribution >= 0.6 is 39.1 Å². The standard InChI is InChI=1S/C37H50ClN5O8.C31H42BrN3O9S.C13H15ClN2O2.CH4/c1-8-21-16-37(21,34(46)47)42-32(44)25-14-23(50-27-15-28(39-18(2)3)40-30-24(27)9-10-26(49-7)29(30)38)17-43(25)33(45)31(36(4,5)6)41-35(48)51-22-12-19-11-20(19)13-22;1-6-19-15-31(19,28(38)42-5)34-26(36)24-14-22(44-45(40,41)23-9-7-20(32)8-10-23)16-35(24)27(37)25(30(2,3)4)33-29(39)43-21-12-17-11-18(17)13-21;1-7(2)15-11-6-9(17)8-4-5-10(18-3)12(14)13(8)16-11;/h9-10,15,18-23,25,31H,8,11-14,16-17H2,1-7H3,(H,39,40)(H,41,48)(H,42,44)(H,46,47);7-10,17-19,21-22,24-25H,6,11-16H2,1-5H3,(H,33,39)(H,34,36);4-7H,1-3H3,(H2,15,16,17);1H4/t19-,20+,21-,22?,23-,25+,31-,37-;17-,18+,19-,21?,22+,24+,25-,31-;;/m11../s1. The second-order valence-electron chi connectivity index (χ2n) is 34.2. The van der Waals surface area contributed by atoms with Gasteiger partial charge in [0.05, 0.1) is 49.9 Å². The summed E-state index contributed by atoms with van der Waals surface area (Å²) in [6, 6.07) is 12.0. The minimum Gasteiger partial charge on any atom is -0.495 e. The zero-order chi connectivity index (χ0) is 83.2. The van der Waals surface area contributed by atoms with E-state index in [-0.39, 0.29) is 79.8 Å². The molecule has 16 atom stereocenters. The lowest BCUT2D eigenvalue weighted by Gasteiger charge is -2.35. The predicted octanol–water partition coefficient (Wildman–Crippen LogP) is 12.5. The molecule has 2 unspecified atom stereocenters. The van der Waals surface area contributed by atoms with E-state index >= 15 is 0 Å². The first kappa shape index (κ1) is 89.0. The van der Waals surface area contributed by atoms with Gasteiger partial charge in [-0.1, -0.05) is 115 Å². The van der Waals surface area contributed by atoms with Crippen LogP contribution in [0.3, 0.4) is 0 Å². The van der Waals surface area contributed by atoms with Crippen molar-refractivity contribution in [2.24, 2.45) is 46.3 Å². The number of anilines is 2. The van der Waals surface area contributed by atoms with Gasteiger partial charge in [-0.05, 0) is 174 Å². The summed E-state index contributed by atoms with van der Waals surface area (Å²) in [5.74, 6) is 0.711. The van der Waals surface area contributed by atoms with Crippen molar-refractivity contribution in [2.75, 3.05) is 45.1 Å². The third kappa shape index (κ3) is 20.3. The molecule has 3 aromatic carbocycles. The number of hydrogen-bond donors (Lipinski definition) is 8. The number of carbonyl (C=O) groups excluding carboxylic acids is 7. The van der Waals surface area contributed by atoms with Crippen LogP contribution in [0.5, 0.6) is 17.2 Å². The zero-order valence-corrected chi connectivity index (χ0v) is 71.0. The molecule has 0 radical (unpaired) electrons. The Morgan fingerprint density at radius 2 is 1.10 bits per heavy atom. The number of rotatable bonds is 25. The number of aromatic nitrogens is 2. The van der Waals surface area contributed by atoms with Gasteiger partial charge in [0.1, 0.15) is 92.5 Å². The molecule has 13 rings (SSSR count). The maximum atomic E-state index is 14.5. The van der Waals surface area contributed by atoms with Crippen LogP contribution in [0.1, 0.15) is 168 Å². The van der Waals surface area contributed by atoms with Crippen LogP contribution in [0, 0.1) is 46.3 Å². The number of halogens is 3. The molecule has 8 fully saturated rings. The van der Waals surface area contributed by atoms with Crippen LogP contribution in [-0.4, -0.2) is 187 Å². The third-order valence-electron chi connectivity index (χ3n) is 22.9. The van der Waals surface area contributed by atoms with Gasteiger partial charge in [0.2, 0.25) is 23.6 Å². The molecule has 4 heterocycles. The van der Waals surface area contributed by atoms with Gasteiger partial charge in [-0.15, -0.1) is 0 Å². The summed E-state index contributed by atoms with van der Waals surface area (Å²) in [6.45, 7) is 22.3. The number of carboxylic acids is 1. The summed E-state index contributed by atoms with van der Waals surface area (Å²) >= 11 is 16.2. The Morgan fingerprint density at radius 1 is 0.626 bits per heavy atom. The summed E-state index contributed by atoms with van der Waals surface area (Å²) in [4.78, 5) is 130. The van der Waals surface area contributed by atoms with Crippen molar-refractivity contribution in [2.45, 2.75) is 244 Å². The van der Waals surface area contributed by atoms with Crippen molar-refractivity contribution >= 4 is 130 Å². The number of fused-ring (bicyclic) bond motifs is 4. The summed E-state index contributed by atoms with van der Waals surface area (Å²) in [7, 11) is 0.0608. The molecule has 115 heavy (non-hydrogen) atoms. The molecule has 2 saturated heterocycles. The molecular weight excluding hydrogens is 1610 g/mol. The Hall–Kier alpha value is -8.39. The summed E-state index contributed by atoms with van der Waals surface area (Å²) in [6.07, 6.45) is 3.98. The predicted molar refractivity (Wildman–Crippen MR) is 438 cm³/mol. The minimum atomic E-state index is -4.25. The molecule has 0 bridgehead atoms. The van der Waals surface area contributed by atoms with E-state index in [1.165, 1.54) is 55.1 Å². The fourth-order valence-corrected chi connectivity index (χ4v) is 18.4. The van der Waals surface area contributed by atoms with Crippen LogP contribution in [0.25, 0.3) is 21.8 Å². The second kappa shape index (κ2) is 35.4. The molecule has 33 heteroatoms. The topological polar surface area (TPSA) is 380 Å². The van der Waals surface area contributed by atoms with Crippen molar-refractivity contribution in [3.05, 3.63) is 85.4 Å². The molecule has 8 aliphatic rings. The van der Waals surface area contributed by atoms with Gasteiger partial charge in [-0.2, -0.15) is 8.42 Å². The average molecular weight is 1720 g/mol. The molecule has 2 aliphatic heterocycles. The smallest absolute Gasteiger partial charge is 0.408 e. The molecule has 6 amide bonds. The Morgan fingerprint density at radius 3 is 1.56 bits per heavy atom. The maximum Gasteiger partial charge on any atom is 0.408 e. The number of nitrogens with zero attached hydrogens (tertiary/aromatic N) is 3. The van der Waals surface area contributed by atoms with Crippen LogP contribution in [0.2, 0.25) is 10.0 Å². The van der Waals surface area contributed by atoms with Crippen LogP contribution < -0.4 is 51.5 Å². The summed E-state index contributed by atoms with van der Waals surface area (Å²) in [5.41, 5.74) is -3.19. The molecule has 6 saturated carbocycles. The molecule has 0 spiro atoms. The second-order valence-corrected chi connectivity index (χ2v) is 37.5. The first-order chi connectivity index (χ1) is 53.6. The fourth-order valence-electron chi connectivity index (χ4n) is 16.5. The lowest BCUT2D eigenvalue weighted by atomic mass is 9.85. The Kier molecular flexibility index (Phi) is 27.4. The van der Waals surface area contributed by atoms with Gasteiger partial charge in [-0.25, -0.2) is 24.2 Å². The number of pyridine rings is 2. The van der Waals surface area contributed by atoms with Crippen molar-refractivity contribution in [1.82, 2.24) is 41.0 Å². The Balaban J connectivity index is 0.000000200. The zero-order valence-electron chi connectivity index (χ0n) is 67.1. The summed E-state index contributed by atoms with van der Waals surface area (Å²) in [5, 5.41) is 29.5. The summed E-state index contributed by atoms with van der Waals surface area (Å²) < 4.78 is 66.1. The van der Waals surface area contributed by atoms with Gasteiger partial charge in [0.25, 0.3) is 10.1 Å². The number of aliphatic carboxylic acids is 1. The van der Waals surface area contributed by atoms with Crippen LogP contribution in [0.15, 0.2) is 74.8 Å². The first-order valence-corrected chi connectivity index (χ1v) is 42.1. The number of esters is 1. The number of H-pyrrole nitrogens is 1. The number of amides is 6. The molecule has 6 aliphatic carbocycles. The molecule has 29 nitrogen and oxygen atoms in total. The normalized spacial score (nSPS) is 26.5. The fraction of sp³-hybridized carbons (Fsp3) is 0.610. The highest BCUT2D eigenvalue weighted by atomic mass is 79.9. The highest BCUT2D eigenvalue weighted by molar-refractivity contribution is 9.10. The lowest BCUT2D eigenvalue weighted by Crippen LogP contribution is -2.59. The number of nitrogens with one attached hydrogen (secondary N) is 7. The van der Waals surface area contributed by atoms with E-state index in [1.807, 2.05) is 62.3 Å². The monoisotopic (exact) mass is 1720 g/mol. The van der Waals surface area contributed by atoms with Crippen LogP contribution in [0.4, 0.5) is 21.2 Å². The maximum absolute atomic E-state index is 14.5. The number of alkyl carbamates (subject to hydrolysis) is 2. The van der Waals surface area contributed by atoms with E-state index in [2.05, 4.69) is 52.8 Å². The van der Waals surface area contributed by atoms with Crippen molar-refractivity contribution in [1.29, 1.82) is 0 Å². The van der Waals surface area contributed by atoms with Crippen molar-refractivity contribution in [3.8, 4) is 17.2 Å². The number of carboxylic acid groups (broad SMARTS) is 1. The number of ether oxygens (including phenoxy) is 6. The SMILES string of the molecule is C.CC[C@@H]1C[C@]1(NC(=O)[C@@H]1C[C@@H](Oc2cc(NC(C)C)nc3c(Cl)c(OC)ccc23)CN1C(=O)[C@@H](NC(=O)OC1C[C@@H]2C[C@@H]2C1)C(C)(C)C)C(=O)O.CC[C@@H]1C[C@]1(NC(=O)[C@@H]1C[C@H](OS(=O)(=O)c2ccc(Br)cc2)CN1C(=O)[C@@H](NC(=O)OC1C[C@@H]2C[C@@H]2C1)C(C)(C)C)C(=O)OC.COc1ccc2c(=O)cc(NC(C)C)[nH]c2c1Cl. The third-order valence-corrected chi connectivity index (χ3v) is 25.6.